The fourth-order valence-corrected chi connectivity index (χ4v) is 1.52. The summed E-state index contributed by atoms with van der Waals surface area (Å²) in [5, 5.41) is 0. The van der Waals surface area contributed by atoms with Crippen LogP contribution in [0.5, 0.6) is 0 Å². The van der Waals surface area contributed by atoms with Crippen molar-refractivity contribution >= 4 is 13.1 Å². The van der Waals surface area contributed by atoms with E-state index >= 15 is 0 Å². The molecule has 1 aromatic rings. The average Bonchev–Trinajstić information content (AvgIpc) is 2.45. The Bertz CT molecular complexity index is 371. The Morgan fingerprint density at radius 2 is 1.71 bits per heavy atom. The Kier molecular flexibility index (Phi) is 4.05. The molecule has 0 radical (unpaired) electrons. The third-order valence-electron chi connectivity index (χ3n) is 2.21. The largest absolute Gasteiger partial charge is 1.00 e. The molecule has 0 aliphatic heterocycles. The zero-order valence-corrected chi connectivity index (χ0v) is 10.9. The predicted molar refractivity (Wildman–Crippen MR) is 47.2 cm³/mol. The Morgan fingerprint density at radius 3 is 2.29 bits per heavy atom. The van der Waals surface area contributed by atoms with Crippen molar-refractivity contribution in [3.8, 4) is 0 Å². The van der Waals surface area contributed by atoms with Gasteiger partial charge in [-0.15, -0.1) is 5.47 Å². The molecule has 0 atom stereocenters. The summed E-state index contributed by atoms with van der Waals surface area (Å²) < 4.78 is 37.0. The fraction of sp³-hybridized carbons (Fsp3) is 0.111. The number of allylic oxidation sites excluding steroid dienone is 1. The van der Waals surface area contributed by atoms with Gasteiger partial charge < -0.3 is 12.9 Å². The molecule has 68 valence electrons. The van der Waals surface area contributed by atoms with Crippen LogP contribution < -0.4 is 51.4 Å². The third-order valence-corrected chi connectivity index (χ3v) is 2.21. The van der Waals surface area contributed by atoms with Gasteiger partial charge in [-0.3, -0.25) is 0 Å². The molecule has 1 aliphatic carbocycles. The van der Waals surface area contributed by atoms with E-state index in [4.69, 9.17) is 0 Å². The van der Waals surface area contributed by atoms with E-state index in [2.05, 4.69) is 0 Å². The topological polar surface area (TPSA) is 0 Å². The van der Waals surface area contributed by atoms with E-state index in [0.29, 0.717) is 5.56 Å². The SMILES string of the molecule is F[B-](F)(F)C1=Cc2ccccc2C1.[K+]. The maximum Gasteiger partial charge on any atom is 1.00 e. The van der Waals surface area contributed by atoms with E-state index in [1.165, 1.54) is 6.08 Å². The maximum absolute atomic E-state index is 12.3. The molecule has 0 bridgehead atoms. The quantitative estimate of drug-likeness (QED) is 0.587. The number of fused-ring (bicyclic) bond motifs is 1. The van der Waals surface area contributed by atoms with Gasteiger partial charge in [-0.1, -0.05) is 30.3 Å². The van der Waals surface area contributed by atoms with Crippen LogP contribution in [0.2, 0.25) is 0 Å². The summed E-state index contributed by atoms with van der Waals surface area (Å²) in [6.45, 7) is -4.80. The summed E-state index contributed by atoms with van der Waals surface area (Å²) in [6.07, 6.45) is 1.29. The summed E-state index contributed by atoms with van der Waals surface area (Å²) in [7, 11) is 0. The van der Waals surface area contributed by atoms with Crippen molar-refractivity contribution in [1.29, 1.82) is 0 Å². The average molecular weight is 222 g/mol. The zero-order valence-electron chi connectivity index (χ0n) is 7.81. The second-order valence-corrected chi connectivity index (χ2v) is 3.17. The second-order valence-electron chi connectivity index (χ2n) is 3.17. The molecule has 0 nitrogen and oxygen atoms in total. The second kappa shape index (κ2) is 4.53. The van der Waals surface area contributed by atoms with Crippen LogP contribution in [0.4, 0.5) is 12.9 Å². The van der Waals surface area contributed by atoms with E-state index < -0.39 is 6.98 Å². The van der Waals surface area contributed by atoms with Crippen molar-refractivity contribution in [3.05, 3.63) is 40.9 Å². The summed E-state index contributed by atoms with van der Waals surface area (Å²) in [4.78, 5) is 0. The minimum Gasteiger partial charge on any atom is -0.445 e. The molecule has 2 rings (SSSR count). The van der Waals surface area contributed by atoms with Gasteiger partial charge in [-0.05, 0) is 17.5 Å². The number of rotatable bonds is 1. The minimum atomic E-state index is -4.80. The van der Waals surface area contributed by atoms with Crippen molar-refractivity contribution in [2.45, 2.75) is 6.42 Å². The molecule has 0 amide bonds. The molecule has 14 heavy (non-hydrogen) atoms. The molecule has 0 aromatic heterocycles. The van der Waals surface area contributed by atoms with Crippen LogP contribution in [0.25, 0.3) is 6.08 Å². The van der Waals surface area contributed by atoms with Crippen LogP contribution >= 0.6 is 0 Å². The van der Waals surface area contributed by atoms with Crippen LogP contribution in [0.3, 0.4) is 0 Å². The molecular weight excluding hydrogens is 215 g/mol. The van der Waals surface area contributed by atoms with Gasteiger partial charge in [0.25, 0.3) is 0 Å². The Labute approximate surface area is 123 Å². The summed E-state index contributed by atoms with van der Waals surface area (Å²) in [5.74, 6) is 0. The molecule has 0 heterocycles. The number of hydrogen-bond donors (Lipinski definition) is 0. The Balaban J connectivity index is 0.000000980. The van der Waals surface area contributed by atoms with Crippen molar-refractivity contribution in [2.24, 2.45) is 0 Å². The Morgan fingerprint density at radius 1 is 1.07 bits per heavy atom. The number of hydrogen-bond acceptors (Lipinski definition) is 0. The van der Waals surface area contributed by atoms with Crippen LogP contribution in [0, 0.1) is 0 Å². The molecule has 1 aliphatic rings. The molecule has 0 saturated heterocycles. The molecule has 0 N–H and O–H groups in total. The maximum atomic E-state index is 12.3. The molecule has 0 saturated carbocycles. The number of halogens is 3. The van der Waals surface area contributed by atoms with Gasteiger partial charge in [0.05, 0.1) is 0 Å². The van der Waals surface area contributed by atoms with Crippen molar-refractivity contribution in [2.75, 3.05) is 0 Å². The third kappa shape index (κ3) is 2.52. The summed E-state index contributed by atoms with van der Waals surface area (Å²) in [6, 6.07) is 6.96. The molecule has 1 aromatic carbocycles. The van der Waals surface area contributed by atoms with E-state index in [1.54, 1.807) is 24.3 Å². The summed E-state index contributed by atoms with van der Waals surface area (Å²) >= 11 is 0. The first-order valence-corrected chi connectivity index (χ1v) is 4.06. The standard InChI is InChI=1S/C9H7BF3.K/c11-10(12,13)9-5-7-3-1-2-4-8(7)6-9;/h1-5H,6H2;/q-1;+1. The minimum absolute atomic E-state index is 0. The van der Waals surface area contributed by atoms with Crippen LogP contribution in [0.1, 0.15) is 11.1 Å². The molecule has 0 spiro atoms. The van der Waals surface area contributed by atoms with Crippen LogP contribution in [-0.2, 0) is 6.42 Å². The smallest absolute Gasteiger partial charge is 0.445 e. The molecule has 0 unspecified atom stereocenters. The first kappa shape index (κ1) is 12.5. The van der Waals surface area contributed by atoms with Gasteiger partial charge in [0.15, 0.2) is 0 Å². The Hall–Kier alpha value is 0.451. The summed E-state index contributed by atoms with van der Waals surface area (Å²) in [5.41, 5.74) is 1.09. The van der Waals surface area contributed by atoms with Crippen LogP contribution in [0.15, 0.2) is 29.7 Å². The molecular formula is C9H7BF3K. The van der Waals surface area contributed by atoms with Crippen LogP contribution in [-0.4, -0.2) is 6.98 Å². The molecule has 5 heteroatoms. The van der Waals surface area contributed by atoms with Gasteiger partial charge in [0.2, 0.25) is 0 Å². The zero-order chi connectivity index (χ0) is 9.47. The van der Waals surface area contributed by atoms with Crippen molar-refractivity contribution in [3.63, 3.8) is 0 Å². The normalized spacial score (nSPS) is 14.4. The van der Waals surface area contributed by atoms with Crippen molar-refractivity contribution in [1.82, 2.24) is 0 Å². The predicted octanol–water partition coefficient (Wildman–Crippen LogP) is 0.0167. The van der Waals surface area contributed by atoms with Crippen molar-refractivity contribution < 1.29 is 64.3 Å². The van der Waals surface area contributed by atoms with Gasteiger partial charge >= 0.3 is 58.4 Å². The van der Waals surface area contributed by atoms with E-state index in [9.17, 15) is 12.9 Å². The number of benzene rings is 1. The van der Waals surface area contributed by atoms with Gasteiger partial charge in [-0.2, -0.15) is 0 Å². The van der Waals surface area contributed by atoms with E-state index in [-0.39, 0.29) is 63.3 Å². The molecule has 0 fully saturated rings. The van der Waals surface area contributed by atoms with E-state index in [0.717, 1.165) is 5.56 Å². The first-order valence-electron chi connectivity index (χ1n) is 4.06. The first-order chi connectivity index (χ1) is 6.07. The van der Waals surface area contributed by atoms with Gasteiger partial charge in [0, 0.05) is 0 Å². The fourth-order valence-electron chi connectivity index (χ4n) is 1.52. The van der Waals surface area contributed by atoms with E-state index in [1.807, 2.05) is 0 Å². The van der Waals surface area contributed by atoms with Gasteiger partial charge in [0.1, 0.15) is 0 Å². The monoisotopic (exact) mass is 222 g/mol. The van der Waals surface area contributed by atoms with Gasteiger partial charge in [-0.25, -0.2) is 0 Å².